The van der Waals surface area contributed by atoms with E-state index in [1.54, 1.807) is 16.3 Å². The molecule has 1 aromatic carbocycles. The highest BCUT2D eigenvalue weighted by atomic mass is 32.1. The molecule has 0 aliphatic carbocycles. The summed E-state index contributed by atoms with van der Waals surface area (Å²) in [7, 11) is 0. The lowest BCUT2D eigenvalue weighted by atomic mass is 10.0. The molecule has 3 rings (SSSR count). The number of carbonyl (C=O) groups excluding carboxylic acids is 2. The number of piperidine rings is 1. The van der Waals surface area contributed by atoms with Crippen LogP contribution in [-0.2, 0) is 4.79 Å². The van der Waals surface area contributed by atoms with Gasteiger partial charge in [0.05, 0.1) is 0 Å². The number of thiophene rings is 1. The second-order valence-electron chi connectivity index (χ2n) is 6.88. The number of likely N-dealkylation sites (tertiary alicyclic amines) is 1. The first kappa shape index (κ1) is 23.6. The number of halogens is 4. The molecule has 0 spiro atoms. The van der Waals surface area contributed by atoms with Gasteiger partial charge >= 0.3 is 13.2 Å². The van der Waals surface area contributed by atoms with Crippen LogP contribution in [0.25, 0.3) is 6.08 Å². The van der Waals surface area contributed by atoms with Gasteiger partial charge in [0.2, 0.25) is 5.91 Å². The van der Waals surface area contributed by atoms with Crippen LogP contribution in [0.5, 0.6) is 11.5 Å². The molecular weight excluding hydrogens is 452 g/mol. The van der Waals surface area contributed by atoms with Crippen LogP contribution in [-0.4, -0.2) is 49.1 Å². The Morgan fingerprint density at radius 1 is 1.09 bits per heavy atom. The summed E-state index contributed by atoms with van der Waals surface area (Å²) in [5.41, 5.74) is 0.710. The van der Waals surface area contributed by atoms with E-state index >= 15 is 0 Å². The van der Waals surface area contributed by atoms with Crippen molar-refractivity contribution in [3.05, 3.63) is 52.2 Å². The van der Waals surface area contributed by atoms with Crippen molar-refractivity contribution < 1.29 is 36.6 Å². The van der Waals surface area contributed by atoms with Crippen LogP contribution in [0, 0.1) is 0 Å². The summed E-state index contributed by atoms with van der Waals surface area (Å²) < 4.78 is 58.6. The highest BCUT2D eigenvalue weighted by Crippen LogP contribution is 2.28. The van der Waals surface area contributed by atoms with E-state index in [9.17, 15) is 27.2 Å². The first-order valence-electron chi connectivity index (χ1n) is 9.65. The zero-order valence-electron chi connectivity index (χ0n) is 16.7. The average Bonchev–Trinajstić information content (AvgIpc) is 3.28. The smallest absolute Gasteiger partial charge is 0.387 e. The quantitative estimate of drug-likeness (QED) is 0.457. The van der Waals surface area contributed by atoms with Crippen molar-refractivity contribution in [2.75, 3.05) is 13.1 Å². The van der Waals surface area contributed by atoms with E-state index in [-0.39, 0.29) is 29.2 Å². The highest BCUT2D eigenvalue weighted by Gasteiger charge is 2.23. The van der Waals surface area contributed by atoms with Crippen LogP contribution < -0.4 is 14.8 Å². The molecule has 0 saturated carbocycles. The summed E-state index contributed by atoms with van der Waals surface area (Å²) in [6, 6.07) is 5.00. The van der Waals surface area contributed by atoms with Crippen molar-refractivity contribution in [3.8, 4) is 11.5 Å². The number of hydrogen-bond acceptors (Lipinski definition) is 5. The number of alkyl halides is 4. The molecular formula is C21H20F4N2O4S. The van der Waals surface area contributed by atoms with Crippen LogP contribution in [0.2, 0.25) is 0 Å². The molecule has 1 aliphatic rings. The Labute approximate surface area is 185 Å². The third-order valence-electron chi connectivity index (χ3n) is 4.76. The number of benzene rings is 1. The molecule has 0 atom stereocenters. The Morgan fingerprint density at radius 2 is 1.81 bits per heavy atom. The van der Waals surface area contributed by atoms with Crippen molar-refractivity contribution >= 4 is 29.2 Å². The normalized spacial score (nSPS) is 14.9. The Balaban J connectivity index is 1.57. The van der Waals surface area contributed by atoms with Crippen LogP contribution in [0.15, 0.2) is 41.1 Å². The third-order valence-corrected chi connectivity index (χ3v) is 5.44. The number of ether oxygens (including phenoxy) is 2. The van der Waals surface area contributed by atoms with E-state index in [1.807, 2.05) is 5.38 Å². The van der Waals surface area contributed by atoms with E-state index in [1.165, 1.54) is 29.6 Å². The molecule has 32 heavy (non-hydrogen) atoms. The molecule has 172 valence electrons. The standard InChI is InChI=1S/C21H20F4N2O4S/c22-20(23)30-16-3-1-13(17(11-16)31-21(24)25)2-4-18(28)27-8-5-15(6-9-27)26-19(29)14-7-10-32-12-14/h1-4,7,10-12,15,20-21H,5-6,8-9H2,(H,26,29)/b4-2+. The lowest BCUT2D eigenvalue weighted by Crippen LogP contribution is -2.46. The van der Waals surface area contributed by atoms with Crippen molar-refractivity contribution in [2.45, 2.75) is 32.1 Å². The van der Waals surface area contributed by atoms with Gasteiger partial charge in [-0.05, 0) is 42.5 Å². The molecule has 1 N–H and O–H groups in total. The number of nitrogens with one attached hydrogen (secondary N) is 1. The van der Waals surface area contributed by atoms with E-state index in [4.69, 9.17) is 0 Å². The van der Waals surface area contributed by atoms with Gasteiger partial charge in [-0.15, -0.1) is 0 Å². The fourth-order valence-electron chi connectivity index (χ4n) is 3.20. The fourth-order valence-corrected chi connectivity index (χ4v) is 3.84. The molecule has 1 saturated heterocycles. The molecule has 1 aliphatic heterocycles. The van der Waals surface area contributed by atoms with Gasteiger partial charge in [-0.1, -0.05) is 0 Å². The van der Waals surface area contributed by atoms with Crippen molar-refractivity contribution in [1.82, 2.24) is 10.2 Å². The van der Waals surface area contributed by atoms with Gasteiger partial charge in [-0.3, -0.25) is 9.59 Å². The zero-order chi connectivity index (χ0) is 23.1. The first-order chi connectivity index (χ1) is 15.3. The molecule has 0 bridgehead atoms. The summed E-state index contributed by atoms with van der Waals surface area (Å²) in [6.07, 6.45) is 3.63. The van der Waals surface area contributed by atoms with E-state index < -0.39 is 19.0 Å². The predicted molar refractivity (Wildman–Crippen MR) is 110 cm³/mol. The van der Waals surface area contributed by atoms with Gasteiger partial charge in [-0.25, -0.2) is 0 Å². The van der Waals surface area contributed by atoms with Crippen LogP contribution in [0.4, 0.5) is 17.6 Å². The van der Waals surface area contributed by atoms with Crippen LogP contribution >= 0.6 is 11.3 Å². The maximum Gasteiger partial charge on any atom is 0.387 e. The average molecular weight is 472 g/mol. The predicted octanol–water partition coefficient (Wildman–Crippen LogP) is 4.39. The molecule has 6 nitrogen and oxygen atoms in total. The first-order valence-corrected chi connectivity index (χ1v) is 10.6. The van der Waals surface area contributed by atoms with Crippen molar-refractivity contribution in [2.24, 2.45) is 0 Å². The zero-order valence-corrected chi connectivity index (χ0v) is 17.5. The number of amides is 2. The largest absolute Gasteiger partial charge is 0.435 e. The Morgan fingerprint density at radius 3 is 2.44 bits per heavy atom. The number of hydrogen-bond donors (Lipinski definition) is 1. The summed E-state index contributed by atoms with van der Waals surface area (Å²) in [5.74, 6) is -1.23. The third kappa shape index (κ3) is 6.71. The van der Waals surface area contributed by atoms with Gasteiger partial charge in [0.15, 0.2) is 0 Å². The van der Waals surface area contributed by atoms with Crippen molar-refractivity contribution in [3.63, 3.8) is 0 Å². The minimum absolute atomic E-state index is 0.0520. The van der Waals surface area contributed by atoms with Gasteiger partial charge in [0.25, 0.3) is 5.91 Å². The van der Waals surface area contributed by atoms with Gasteiger partial charge < -0.3 is 19.7 Å². The van der Waals surface area contributed by atoms with Crippen molar-refractivity contribution in [1.29, 1.82) is 0 Å². The Bertz CT molecular complexity index is 945. The van der Waals surface area contributed by atoms with Gasteiger partial charge in [0.1, 0.15) is 11.5 Å². The molecule has 11 heteroatoms. The summed E-state index contributed by atoms with van der Waals surface area (Å²) in [6.45, 7) is -5.46. The van der Waals surface area contributed by atoms with Crippen LogP contribution in [0.1, 0.15) is 28.8 Å². The number of rotatable bonds is 8. The molecule has 1 aromatic heterocycles. The molecule has 0 unspecified atom stereocenters. The lowest BCUT2D eigenvalue weighted by Gasteiger charge is -2.31. The van der Waals surface area contributed by atoms with Gasteiger partial charge in [-0.2, -0.15) is 28.9 Å². The maximum atomic E-state index is 12.7. The summed E-state index contributed by atoms with van der Waals surface area (Å²) >= 11 is 1.43. The monoisotopic (exact) mass is 472 g/mol. The Hall–Kier alpha value is -3.08. The topological polar surface area (TPSA) is 67.9 Å². The molecule has 2 heterocycles. The van der Waals surface area contributed by atoms with E-state index in [0.717, 1.165) is 12.1 Å². The minimum atomic E-state index is -3.18. The van der Waals surface area contributed by atoms with Gasteiger partial charge in [0, 0.05) is 47.8 Å². The maximum absolute atomic E-state index is 12.7. The lowest BCUT2D eigenvalue weighted by molar-refractivity contribution is -0.127. The molecule has 2 aromatic rings. The second-order valence-corrected chi connectivity index (χ2v) is 7.66. The molecule has 1 fully saturated rings. The fraction of sp³-hybridized carbons (Fsp3) is 0.333. The summed E-state index contributed by atoms with van der Waals surface area (Å²) in [5, 5.41) is 6.52. The molecule has 2 amide bonds. The van der Waals surface area contributed by atoms with E-state index in [2.05, 4.69) is 14.8 Å². The number of carbonyl (C=O) groups is 2. The SMILES string of the molecule is O=C(NC1CCN(C(=O)/C=C/c2ccc(OC(F)F)cc2OC(F)F)CC1)c1ccsc1. The number of nitrogens with zero attached hydrogens (tertiary/aromatic N) is 1. The Kier molecular flexibility index (Phi) is 8.09. The minimum Gasteiger partial charge on any atom is -0.435 e. The molecule has 0 radical (unpaired) electrons. The van der Waals surface area contributed by atoms with Crippen LogP contribution in [0.3, 0.4) is 0 Å². The van der Waals surface area contributed by atoms with E-state index in [0.29, 0.717) is 31.5 Å². The second kappa shape index (κ2) is 11.0. The summed E-state index contributed by atoms with van der Waals surface area (Å²) in [4.78, 5) is 26.2. The highest BCUT2D eigenvalue weighted by molar-refractivity contribution is 7.08.